The lowest BCUT2D eigenvalue weighted by Crippen LogP contribution is -2.08. The summed E-state index contributed by atoms with van der Waals surface area (Å²) >= 11 is 8.18. The van der Waals surface area contributed by atoms with E-state index in [4.69, 9.17) is 21.6 Å². The number of benzene rings is 1. The van der Waals surface area contributed by atoms with E-state index < -0.39 is 5.97 Å². The van der Waals surface area contributed by atoms with Crippen LogP contribution in [0.15, 0.2) is 36.7 Å². The predicted octanol–water partition coefficient (Wildman–Crippen LogP) is 5.08. The Bertz CT molecular complexity index is 1220. The number of aromatic nitrogens is 2. The highest BCUT2D eigenvalue weighted by atomic mass is 127. The van der Waals surface area contributed by atoms with Crippen molar-refractivity contribution < 1.29 is 9.53 Å². The average Bonchev–Trinajstić information content (AvgIpc) is 3.04. The van der Waals surface area contributed by atoms with Crippen molar-refractivity contribution in [3.63, 3.8) is 0 Å². The maximum absolute atomic E-state index is 12.1. The minimum absolute atomic E-state index is 0.0889. The van der Waals surface area contributed by atoms with Gasteiger partial charge in [-0.2, -0.15) is 10.5 Å². The third-order valence-electron chi connectivity index (χ3n) is 4.51. The molecule has 150 valence electrons. The van der Waals surface area contributed by atoms with E-state index in [2.05, 4.69) is 39.7 Å². The minimum atomic E-state index is -0.523. The van der Waals surface area contributed by atoms with E-state index in [1.807, 2.05) is 23.8 Å². The summed E-state index contributed by atoms with van der Waals surface area (Å²) in [5.74, 6) is -0.523. The Morgan fingerprint density at radius 2 is 2.03 bits per heavy atom. The van der Waals surface area contributed by atoms with Crippen LogP contribution in [0.3, 0.4) is 0 Å². The Morgan fingerprint density at radius 3 is 2.67 bits per heavy atom. The Morgan fingerprint density at radius 1 is 1.27 bits per heavy atom. The molecule has 0 fully saturated rings. The number of carbonyl (C=O) groups excluding carboxylic acids is 1. The van der Waals surface area contributed by atoms with E-state index in [0.717, 1.165) is 26.0 Å². The van der Waals surface area contributed by atoms with Crippen molar-refractivity contribution in [1.82, 2.24) is 9.55 Å². The fraction of sp³-hybridized carbons (Fsp3) is 0.182. The molecule has 0 unspecified atom stereocenters. The van der Waals surface area contributed by atoms with Gasteiger partial charge in [-0.15, -0.1) is 0 Å². The van der Waals surface area contributed by atoms with Crippen molar-refractivity contribution in [3.8, 4) is 23.3 Å². The van der Waals surface area contributed by atoms with Gasteiger partial charge in [0, 0.05) is 24.5 Å². The average molecular weight is 531 g/mol. The Hall–Kier alpha value is -2.88. The summed E-state index contributed by atoms with van der Waals surface area (Å²) in [5.41, 5.74) is 4.68. The van der Waals surface area contributed by atoms with Crippen LogP contribution in [0.1, 0.15) is 39.5 Å². The van der Waals surface area contributed by atoms with Crippen molar-refractivity contribution in [2.45, 2.75) is 20.4 Å². The normalized spacial score (nSPS) is 10.3. The quantitative estimate of drug-likeness (QED) is 0.260. The van der Waals surface area contributed by atoms with Crippen LogP contribution < -0.4 is 0 Å². The molecule has 0 aliphatic heterocycles. The number of rotatable bonds is 5. The Balaban J connectivity index is 2.02. The van der Waals surface area contributed by atoms with Crippen molar-refractivity contribution >= 4 is 40.2 Å². The van der Waals surface area contributed by atoms with Gasteiger partial charge in [-0.05, 0) is 71.3 Å². The number of hydrogen-bond donors (Lipinski definition) is 0. The largest absolute Gasteiger partial charge is 0.462 e. The molecule has 0 N–H and O–H groups in total. The smallest absolute Gasteiger partial charge is 0.341 e. The molecule has 0 amide bonds. The van der Waals surface area contributed by atoms with Crippen LogP contribution in [-0.2, 0) is 11.3 Å². The Labute approximate surface area is 192 Å². The molecule has 0 atom stereocenters. The summed E-state index contributed by atoms with van der Waals surface area (Å²) in [7, 11) is 0. The molecule has 2 heterocycles. The van der Waals surface area contributed by atoms with Gasteiger partial charge in [0.1, 0.15) is 11.2 Å². The van der Waals surface area contributed by atoms with Crippen LogP contribution in [0.5, 0.6) is 0 Å². The molecular weight excluding hydrogens is 515 g/mol. The molecular formula is C22H16ClIN4O2. The lowest BCUT2D eigenvalue weighted by Gasteiger charge is -2.08. The topological polar surface area (TPSA) is 91.7 Å². The van der Waals surface area contributed by atoms with Gasteiger partial charge in [0.05, 0.1) is 33.1 Å². The standard InChI is InChI=1S/C22H16ClIN4O2/c1-3-30-22(29)17-7-15(10-27-20(17)23)11-28-12-19(18(9-26)21(28)24)16-5-4-14(8-25)6-13(16)2/h4-7,10,12H,3,11H2,1-2H3. The molecule has 30 heavy (non-hydrogen) atoms. The zero-order valence-corrected chi connectivity index (χ0v) is 19.2. The molecule has 0 saturated heterocycles. The van der Waals surface area contributed by atoms with Crippen LogP contribution >= 0.6 is 34.2 Å². The SMILES string of the molecule is CCOC(=O)c1cc(Cn2cc(-c3ccc(C#N)cc3C)c(C#N)c2I)cnc1Cl. The molecule has 3 rings (SSSR count). The molecule has 0 spiro atoms. The van der Waals surface area contributed by atoms with E-state index in [9.17, 15) is 10.1 Å². The number of ether oxygens (including phenoxy) is 1. The van der Waals surface area contributed by atoms with E-state index in [1.54, 1.807) is 31.3 Å². The highest BCUT2D eigenvalue weighted by Crippen LogP contribution is 2.32. The van der Waals surface area contributed by atoms with Crippen molar-refractivity contribution in [3.05, 3.63) is 73.3 Å². The number of carbonyl (C=O) groups is 1. The van der Waals surface area contributed by atoms with E-state index in [1.165, 1.54) is 0 Å². The van der Waals surface area contributed by atoms with Gasteiger partial charge in [0.15, 0.2) is 0 Å². The monoisotopic (exact) mass is 530 g/mol. The number of hydrogen-bond acceptors (Lipinski definition) is 5. The maximum atomic E-state index is 12.1. The number of aryl methyl sites for hydroxylation is 1. The summed E-state index contributed by atoms with van der Waals surface area (Å²) in [6.07, 6.45) is 3.49. The van der Waals surface area contributed by atoms with Crippen molar-refractivity contribution in [1.29, 1.82) is 10.5 Å². The van der Waals surface area contributed by atoms with Gasteiger partial charge in [-0.25, -0.2) is 9.78 Å². The maximum Gasteiger partial charge on any atom is 0.341 e. The first kappa shape index (κ1) is 21.8. The first-order valence-electron chi connectivity index (χ1n) is 9.01. The summed E-state index contributed by atoms with van der Waals surface area (Å²) in [6.45, 7) is 4.28. The number of nitriles is 2. The summed E-state index contributed by atoms with van der Waals surface area (Å²) in [5, 5.41) is 18.9. The van der Waals surface area contributed by atoms with Crippen LogP contribution in [0.2, 0.25) is 5.15 Å². The molecule has 1 aromatic carbocycles. The third-order valence-corrected chi connectivity index (χ3v) is 5.97. The number of esters is 1. The van der Waals surface area contributed by atoms with Gasteiger partial charge in [0.2, 0.25) is 0 Å². The second-order valence-corrected chi connectivity index (χ2v) is 7.87. The van der Waals surface area contributed by atoms with E-state index in [-0.39, 0.29) is 17.3 Å². The van der Waals surface area contributed by atoms with Crippen LogP contribution in [0.25, 0.3) is 11.1 Å². The second-order valence-electron chi connectivity index (χ2n) is 6.49. The predicted molar refractivity (Wildman–Crippen MR) is 121 cm³/mol. The van der Waals surface area contributed by atoms with Gasteiger partial charge in [0.25, 0.3) is 0 Å². The summed E-state index contributed by atoms with van der Waals surface area (Å²) < 4.78 is 7.72. The zero-order chi connectivity index (χ0) is 21.8. The van der Waals surface area contributed by atoms with E-state index >= 15 is 0 Å². The molecule has 0 aliphatic carbocycles. The minimum Gasteiger partial charge on any atom is -0.462 e. The fourth-order valence-corrected chi connectivity index (χ4v) is 4.02. The number of halogens is 2. The second kappa shape index (κ2) is 9.29. The molecule has 6 nitrogen and oxygen atoms in total. The highest BCUT2D eigenvalue weighted by molar-refractivity contribution is 14.1. The first-order chi connectivity index (χ1) is 14.4. The van der Waals surface area contributed by atoms with Crippen molar-refractivity contribution in [2.24, 2.45) is 0 Å². The zero-order valence-electron chi connectivity index (χ0n) is 16.2. The van der Waals surface area contributed by atoms with Gasteiger partial charge >= 0.3 is 5.97 Å². The molecule has 0 bridgehead atoms. The lowest BCUT2D eigenvalue weighted by molar-refractivity contribution is 0.0526. The molecule has 0 saturated carbocycles. The number of pyridine rings is 1. The number of nitrogens with zero attached hydrogens (tertiary/aromatic N) is 4. The molecule has 2 aromatic heterocycles. The van der Waals surface area contributed by atoms with Crippen LogP contribution in [0.4, 0.5) is 0 Å². The highest BCUT2D eigenvalue weighted by Gasteiger charge is 2.19. The fourth-order valence-electron chi connectivity index (χ4n) is 3.12. The molecule has 8 heteroatoms. The molecule has 0 radical (unpaired) electrons. The summed E-state index contributed by atoms with van der Waals surface area (Å²) in [4.78, 5) is 16.2. The Kier molecular flexibility index (Phi) is 6.76. The summed E-state index contributed by atoms with van der Waals surface area (Å²) in [6, 6.07) is 11.4. The van der Waals surface area contributed by atoms with Crippen molar-refractivity contribution in [2.75, 3.05) is 6.61 Å². The molecule has 3 aromatic rings. The van der Waals surface area contributed by atoms with Crippen LogP contribution in [0, 0.1) is 33.3 Å². The van der Waals surface area contributed by atoms with Gasteiger partial charge in [-0.1, -0.05) is 17.7 Å². The van der Waals surface area contributed by atoms with Gasteiger partial charge in [-0.3, -0.25) is 0 Å². The first-order valence-corrected chi connectivity index (χ1v) is 10.5. The molecule has 0 aliphatic rings. The van der Waals surface area contributed by atoms with Gasteiger partial charge < -0.3 is 9.30 Å². The van der Waals surface area contributed by atoms with Crippen LogP contribution in [-0.4, -0.2) is 22.1 Å². The lowest BCUT2D eigenvalue weighted by atomic mass is 9.98. The third kappa shape index (κ3) is 4.33. The van der Waals surface area contributed by atoms with E-state index in [0.29, 0.717) is 17.7 Å².